The Morgan fingerprint density at radius 1 is 1.33 bits per heavy atom. The first-order chi connectivity index (χ1) is 11.6. The van der Waals surface area contributed by atoms with Crippen LogP contribution in [0, 0.1) is 12.3 Å². The van der Waals surface area contributed by atoms with Gasteiger partial charge in [0.25, 0.3) is 5.91 Å². The summed E-state index contributed by atoms with van der Waals surface area (Å²) in [6.07, 6.45) is 2.19. The average Bonchev–Trinajstić information content (AvgIpc) is 2.60. The van der Waals surface area contributed by atoms with E-state index in [-0.39, 0.29) is 11.3 Å². The van der Waals surface area contributed by atoms with Crippen molar-refractivity contribution in [2.24, 2.45) is 5.41 Å². The maximum Gasteiger partial charge on any atom is 0.261 e. The molecule has 0 saturated carbocycles. The maximum atomic E-state index is 12.6. The van der Waals surface area contributed by atoms with Gasteiger partial charge >= 0.3 is 0 Å². The second kappa shape index (κ2) is 9.04. The zero-order chi connectivity index (χ0) is 17.4. The summed E-state index contributed by atoms with van der Waals surface area (Å²) < 4.78 is 11.3. The number of benzene rings is 1. The highest BCUT2D eigenvalue weighted by molar-refractivity contribution is 5.81. The minimum atomic E-state index is -0.465. The highest BCUT2D eigenvalue weighted by atomic mass is 16.5. The third-order valence-electron chi connectivity index (χ3n) is 4.78. The van der Waals surface area contributed by atoms with Crippen molar-refractivity contribution in [3.05, 3.63) is 29.8 Å². The maximum absolute atomic E-state index is 12.6. The topological polar surface area (TPSA) is 59.6 Å². The Kier molecular flexibility index (Phi) is 7.06. The van der Waals surface area contributed by atoms with Crippen LogP contribution in [-0.2, 0) is 9.53 Å². The van der Waals surface area contributed by atoms with Crippen LogP contribution in [0.5, 0.6) is 5.75 Å². The van der Waals surface area contributed by atoms with Crippen LogP contribution in [0.1, 0.15) is 31.7 Å². The molecule has 5 heteroatoms. The summed E-state index contributed by atoms with van der Waals surface area (Å²) in [5.41, 5.74) is 1.06. The van der Waals surface area contributed by atoms with E-state index in [1.54, 1.807) is 7.11 Å². The van der Waals surface area contributed by atoms with Crippen LogP contribution in [0.2, 0.25) is 0 Å². The number of carbonyl (C=O) groups excluding carboxylic acids is 1. The lowest BCUT2D eigenvalue weighted by atomic mass is 9.79. The standard InChI is InChI=1S/C19H30N2O3/c1-4-16(24-17-8-6-5-7-15(17)2)18(22)21-13-19(14-23-3)9-11-20-12-10-19/h5-8,16,20H,4,9-14H2,1-3H3,(H,21,22). The first-order valence-corrected chi connectivity index (χ1v) is 8.80. The molecule has 1 aromatic rings. The molecule has 0 bridgehead atoms. The molecule has 1 fully saturated rings. The summed E-state index contributed by atoms with van der Waals surface area (Å²) in [7, 11) is 1.72. The second-order valence-electron chi connectivity index (χ2n) is 6.68. The smallest absolute Gasteiger partial charge is 0.261 e. The van der Waals surface area contributed by atoms with Gasteiger partial charge in [-0.1, -0.05) is 25.1 Å². The van der Waals surface area contributed by atoms with Crippen LogP contribution in [0.3, 0.4) is 0 Å². The molecule has 1 aliphatic heterocycles. The van der Waals surface area contributed by atoms with E-state index in [9.17, 15) is 4.79 Å². The van der Waals surface area contributed by atoms with Crippen molar-refractivity contribution in [3.8, 4) is 5.75 Å². The molecular formula is C19H30N2O3. The van der Waals surface area contributed by atoms with E-state index in [1.165, 1.54) is 0 Å². The number of hydrogen-bond acceptors (Lipinski definition) is 4. The lowest BCUT2D eigenvalue weighted by Crippen LogP contribution is -2.49. The van der Waals surface area contributed by atoms with Crippen molar-refractivity contribution in [2.45, 2.75) is 39.2 Å². The SMILES string of the molecule is CCC(Oc1ccccc1C)C(=O)NCC1(COC)CCNCC1. The Morgan fingerprint density at radius 2 is 2.04 bits per heavy atom. The summed E-state index contributed by atoms with van der Waals surface area (Å²) in [5.74, 6) is 0.725. The lowest BCUT2D eigenvalue weighted by molar-refractivity contribution is -0.129. The molecular weight excluding hydrogens is 304 g/mol. The van der Waals surface area contributed by atoms with Crippen LogP contribution in [0.4, 0.5) is 0 Å². The molecule has 1 amide bonds. The normalized spacial score (nSPS) is 18.0. The van der Waals surface area contributed by atoms with Crippen molar-refractivity contribution in [1.29, 1.82) is 0 Å². The molecule has 1 aliphatic rings. The van der Waals surface area contributed by atoms with Crippen molar-refractivity contribution in [2.75, 3.05) is 33.4 Å². The molecule has 1 heterocycles. The van der Waals surface area contributed by atoms with Gasteiger partial charge in [-0.05, 0) is 50.9 Å². The Bertz CT molecular complexity index is 522. The van der Waals surface area contributed by atoms with Crippen LogP contribution in [0.15, 0.2) is 24.3 Å². The number of hydrogen-bond donors (Lipinski definition) is 2. The first kappa shape index (κ1) is 18.7. The number of piperidine rings is 1. The molecule has 0 spiro atoms. The molecule has 0 aromatic heterocycles. The van der Waals surface area contributed by atoms with Crippen molar-refractivity contribution >= 4 is 5.91 Å². The summed E-state index contributed by atoms with van der Waals surface area (Å²) in [6.45, 7) is 7.20. The van der Waals surface area contributed by atoms with Gasteiger partial charge in [0.15, 0.2) is 6.10 Å². The molecule has 2 rings (SSSR count). The second-order valence-corrected chi connectivity index (χ2v) is 6.68. The van der Waals surface area contributed by atoms with E-state index in [0.717, 1.165) is 37.2 Å². The van der Waals surface area contributed by atoms with Crippen molar-refractivity contribution in [1.82, 2.24) is 10.6 Å². The van der Waals surface area contributed by atoms with Crippen molar-refractivity contribution in [3.63, 3.8) is 0 Å². The molecule has 1 saturated heterocycles. The molecule has 1 atom stereocenters. The Labute approximate surface area is 145 Å². The largest absolute Gasteiger partial charge is 0.480 e. The van der Waals surface area contributed by atoms with Gasteiger partial charge in [-0.15, -0.1) is 0 Å². The zero-order valence-corrected chi connectivity index (χ0v) is 15.1. The van der Waals surface area contributed by atoms with Crippen LogP contribution < -0.4 is 15.4 Å². The highest BCUT2D eigenvalue weighted by Crippen LogP contribution is 2.28. The molecule has 24 heavy (non-hydrogen) atoms. The fourth-order valence-corrected chi connectivity index (χ4v) is 3.19. The van der Waals surface area contributed by atoms with Gasteiger partial charge in [-0.25, -0.2) is 0 Å². The molecule has 5 nitrogen and oxygen atoms in total. The lowest BCUT2D eigenvalue weighted by Gasteiger charge is -2.37. The van der Waals surface area contributed by atoms with Gasteiger partial charge in [0.2, 0.25) is 0 Å². The summed E-state index contributed by atoms with van der Waals surface area (Å²) in [5, 5.41) is 6.46. The third kappa shape index (κ3) is 4.95. The number of aryl methyl sites for hydroxylation is 1. The van der Waals surface area contributed by atoms with E-state index < -0.39 is 6.10 Å². The number of methoxy groups -OCH3 is 1. The molecule has 134 valence electrons. The molecule has 2 N–H and O–H groups in total. The van der Waals surface area contributed by atoms with E-state index in [0.29, 0.717) is 19.6 Å². The number of rotatable bonds is 8. The van der Waals surface area contributed by atoms with Gasteiger partial charge in [-0.2, -0.15) is 0 Å². The number of nitrogens with one attached hydrogen (secondary N) is 2. The number of ether oxygens (including phenoxy) is 2. The van der Waals surface area contributed by atoms with Gasteiger partial charge in [0.1, 0.15) is 5.75 Å². The third-order valence-corrected chi connectivity index (χ3v) is 4.78. The monoisotopic (exact) mass is 334 g/mol. The number of carbonyl (C=O) groups is 1. The van der Waals surface area contributed by atoms with Crippen molar-refractivity contribution < 1.29 is 14.3 Å². The molecule has 1 aromatic carbocycles. The predicted molar refractivity (Wildman–Crippen MR) is 95.3 cm³/mol. The minimum Gasteiger partial charge on any atom is -0.480 e. The van der Waals surface area contributed by atoms with Gasteiger partial charge in [0, 0.05) is 19.1 Å². The quantitative estimate of drug-likeness (QED) is 0.766. The number of para-hydroxylation sites is 1. The molecule has 0 aliphatic carbocycles. The van der Waals surface area contributed by atoms with Crippen LogP contribution in [-0.4, -0.2) is 45.4 Å². The fourth-order valence-electron chi connectivity index (χ4n) is 3.19. The Hall–Kier alpha value is -1.59. The van der Waals surface area contributed by atoms with Gasteiger partial charge in [0.05, 0.1) is 6.61 Å². The highest BCUT2D eigenvalue weighted by Gasteiger charge is 2.33. The zero-order valence-electron chi connectivity index (χ0n) is 15.1. The summed E-state index contributed by atoms with van der Waals surface area (Å²) in [4.78, 5) is 12.6. The van der Waals surface area contributed by atoms with E-state index in [4.69, 9.17) is 9.47 Å². The first-order valence-electron chi connectivity index (χ1n) is 8.80. The van der Waals surface area contributed by atoms with Gasteiger partial charge < -0.3 is 20.1 Å². The summed E-state index contributed by atoms with van der Waals surface area (Å²) in [6, 6.07) is 7.79. The van der Waals surface area contributed by atoms with Crippen LogP contribution in [0.25, 0.3) is 0 Å². The number of amides is 1. The fraction of sp³-hybridized carbons (Fsp3) is 0.632. The minimum absolute atomic E-state index is 0.0244. The summed E-state index contributed by atoms with van der Waals surface area (Å²) >= 11 is 0. The Balaban J connectivity index is 1.94. The van der Waals surface area contributed by atoms with Gasteiger partial charge in [-0.3, -0.25) is 4.79 Å². The Morgan fingerprint density at radius 3 is 2.67 bits per heavy atom. The average molecular weight is 334 g/mol. The van der Waals surface area contributed by atoms with E-state index in [1.807, 2.05) is 38.1 Å². The molecule has 1 unspecified atom stereocenters. The van der Waals surface area contributed by atoms with E-state index >= 15 is 0 Å². The predicted octanol–water partition coefficient (Wildman–Crippen LogP) is 2.28. The van der Waals surface area contributed by atoms with Crippen LogP contribution >= 0.6 is 0 Å². The van der Waals surface area contributed by atoms with E-state index in [2.05, 4.69) is 10.6 Å². The molecule has 0 radical (unpaired) electrons.